The van der Waals surface area contributed by atoms with Gasteiger partial charge in [0.15, 0.2) is 5.60 Å². The summed E-state index contributed by atoms with van der Waals surface area (Å²) in [7, 11) is 1.67. The Morgan fingerprint density at radius 1 is 1.32 bits per heavy atom. The molecule has 0 unspecified atom stereocenters. The summed E-state index contributed by atoms with van der Waals surface area (Å²) in [6, 6.07) is 9.92. The van der Waals surface area contributed by atoms with Crippen LogP contribution in [0.5, 0.6) is 0 Å². The highest BCUT2D eigenvalue weighted by Gasteiger charge is 2.43. The smallest absolute Gasteiger partial charge is 0.158 e. The van der Waals surface area contributed by atoms with E-state index in [1.807, 2.05) is 37.3 Å². The Morgan fingerprint density at radius 2 is 2.00 bits per heavy atom. The Labute approximate surface area is 111 Å². The summed E-state index contributed by atoms with van der Waals surface area (Å²) in [6.45, 7) is 3.09. The summed E-state index contributed by atoms with van der Waals surface area (Å²) < 4.78 is 12.5. The van der Waals surface area contributed by atoms with E-state index in [-0.39, 0.29) is 0 Å². The molecule has 1 aliphatic heterocycles. The van der Waals surface area contributed by atoms with Gasteiger partial charge in [0.05, 0.1) is 18.9 Å². The molecule has 0 bridgehead atoms. The zero-order valence-corrected chi connectivity index (χ0v) is 11.1. The van der Waals surface area contributed by atoms with Crippen LogP contribution >= 0.6 is 0 Å². The van der Waals surface area contributed by atoms with Gasteiger partial charge in [0.1, 0.15) is 11.5 Å². The van der Waals surface area contributed by atoms with E-state index >= 15 is 0 Å². The Kier molecular flexibility index (Phi) is 2.80. The van der Waals surface area contributed by atoms with Crippen molar-refractivity contribution in [2.45, 2.75) is 12.5 Å². The van der Waals surface area contributed by atoms with Gasteiger partial charge in [-0.2, -0.15) is 5.10 Å². The summed E-state index contributed by atoms with van der Waals surface area (Å²) in [5.74, 6) is 0.599. The van der Waals surface area contributed by atoms with Crippen LogP contribution in [-0.4, -0.2) is 30.1 Å². The van der Waals surface area contributed by atoms with Crippen molar-refractivity contribution in [1.29, 1.82) is 0 Å². The molecule has 2 N–H and O–H groups in total. The number of methoxy groups -OCH3 is 1. The normalized spacial score (nSPS) is 17.2. The lowest BCUT2D eigenvalue weighted by Gasteiger charge is -2.38. The minimum atomic E-state index is -0.440. The van der Waals surface area contributed by atoms with Crippen LogP contribution in [0.1, 0.15) is 11.3 Å². The number of rotatable bonds is 3. The van der Waals surface area contributed by atoms with Crippen LogP contribution in [0.25, 0.3) is 5.69 Å². The second kappa shape index (κ2) is 4.36. The second-order valence-corrected chi connectivity index (χ2v) is 4.89. The molecule has 2 aromatic rings. The van der Waals surface area contributed by atoms with Gasteiger partial charge in [-0.25, -0.2) is 4.68 Å². The quantitative estimate of drug-likeness (QED) is 0.910. The van der Waals surface area contributed by atoms with Gasteiger partial charge in [0.2, 0.25) is 0 Å². The average molecular weight is 259 g/mol. The minimum Gasteiger partial charge on any atom is -0.384 e. The highest BCUT2D eigenvalue weighted by Crippen LogP contribution is 2.33. The zero-order chi connectivity index (χ0) is 13.5. The predicted molar refractivity (Wildman–Crippen MR) is 72.2 cm³/mol. The first-order valence-electron chi connectivity index (χ1n) is 6.21. The van der Waals surface area contributed by atoms with Gasteiger partial charge in [-0.15, -0.1) is 0 Å². The Hall–Kier alpha value is -1.85. The molecular weight excluding hydrogens is 242 g/mol. The molecule has 1 aromatic heterocycles. The van der Waals surface area contributed by atoms with Crippen molar-refractivity contribution in [2.24, 2.45) is 0 Å². The van der Waals surface area contributed by atoms with E-state index in [2.05, 4.69) is 5.10 Å². The number of anilines is 1. The molecule has 0 saturated carbocycles. The van der Waals surface area contributed by atoms with Gasteiger partial charge in [-0.3, -0.25) is 0 Å². The number of nitrogen functional groups attached to an aromatic ring is 1. The Morgan fingerprint density at radius 3 is 2.53 bits per heavy atom. The number of nitrogens with two attached hydrogens (primary N) is 1. The molecule has 0 radical (unpaired) electrons. The third kappa shape index (κ3) is 1.91. The van der Waals surface area contributed by atoms with E-state index in [0.717, 1.165) is 11.4 Å². The average Bonchev–Trinajstić information content (AvgIpc) is 2.72. The number of hydrogen-bond donors (Lipinski definition) is 1. The van der Waals surface area contributed by atoms with Crippen LogP contribution in [0.2, 0.25) is 0 Å². The standard InChI is InChI=1S/C14H17N3O2/c1-10-3-5-11(6-4-10)17-13(15)7-12(16-17)14(18-2)8-19-9-14/h3-7H,8-9,15H2,1-2H3. The summed E-state index contributed by atoms with van der Waals surface area (Å²) in [4.78, 5) is 0. The molecule has 5 heteroatoms. The summed E-state index contributed by atoms with van der Waals surface area (Å²) in [5.41, 5.74) is 8.57. The number of ether oxygens (including phenoxy) is 2. The molecule has 1 saturated heterocycles. The van der Waals surface area contributed by atoms with E-state index in [9.17, 15) is 0 Å². The number of benzene rings is 1. The lowest BCUT2D eigenvalue weighted by atomic mass is 9.98. The molecule has 0 atom stereocenters. The van der Waals surface area contributed by atoms with E-state index in [4.69, 9.17) is 15.2 Å². The van der Waals surface area contributed by atoms with Crippen molar-refractivity contribution < 1.29 is 9.47 Å². The molecule has 1 aromatic carbocycles. The fraction of sp³-hybridized carbons (Fsp3) is 0.357. The van der Waals surface area contributed by atoms with Gasteiger partial charge >= 0.3 is 0 Å². The van der Waals surface area contributed by atoms with Gasteiger partial charge in [-0.1, -0.05) is 17.7 Å². The summed E-state index contributed by atoms with van der Waals surface area (Å²) >= 11 is 0. The molecule has 19 heavy (non-hydrogen) atoms. The molecule has 0 spiro atoms. The van der Waals surface area contributed by atoms with Crippen molar-refractivity contribution in [1.82, 2.24) is 9.78 Å². The van der Waals surface area contributed by atoms with Crippen molar-refractivity contribution in [3.63, 3.8) is 0 Å². The van der Waals surface area contributed by atoms with E-state index in [0.29, 0.717) is 19.0 Å². The molecule has 100 valence electrons. The highest BCUT2D eigenvalue weighted by atomic mass is 16.6. The van der Waals surface area contributed by atoms with Gasteiger partial charge in [0, 0.05) is 13.2 Å². The summed E-state index contributed by atoms with van der Waals surface area (Å²) in [5, 5.41) is 4.56. The van der Waals surface area contributed by atoms with Crippen molar-refractivity contribution in [3.05, 3.63) is 41.6 Å². The first-order valence-corrected chi connectivity index (χ1v) is 6.21. The van der Waals surface area contributed by atoms with Crippen LogP contribution in [0, 0.1) is 6.92 Å². The van der Waals surface area contributed by atoms with Crippen LogP contribution in [0.3, 0.4) is 0 Å². The van der Waals surface area contributed by atoms with Crippen molar-refractivity contribution >= 4 is 5.82 Å². The van der Waals surface area contributed by atoms with Crippen LogP contribution in [0.4, 0.5) is 5.82 Å². The fourth-order valence-electron chi connectivity index (χ4n) is 2.17. The number of hydrogen-bond acceptors (Lipinski definition) is 4. The first-order chi connectivity index (χ1) is 9.14. The topological polar surface area (TPSA) is 62.3 Å². The number of aromatic nitrogens is 2. The molecule has 0 amide bonds. The number of aryl methyl sites for hydroxylation is 1. The maximum absolute atomic E-state index is 6.05. The molecule has 1 fully saturated rings. The molecule has 0 aliphatic carbocycles. The van der Waals surface area contributed by atoms with Crippen LogP contribution < -0.4 is 5.73 Å². The van der Waals surface area contributed by atoms with E-state index < -0.39 is 5.60 Å². The highest BCUT2D eigenvalue weighted by molar-refractivity contribution is 5.45. The largest absolute Gasteiger partial charge is 0.384 e. The molecule has 5 nitrogen and oxygen atoms in total. The lowest BCUT2D eigenvalue weighted by Crippen LogP contribution is -2.48. The third-order valence-electron chi connectivity index (χ3n) is 3.54. The first kappa shape index (κ1) is 12.2. The molecule has 2 heterocycles. The molecular formula is C14H17N3O2. The third-order valence-corrected chi connectivity index (χ3v) is 3.54. The Balaban J connectivity index is 2.00. The molecule has 1 aliphatic rings. The van der Waals surface area contributed by atoms with E-state index in [1.165, 1.54) is 5.56 Å². The van der Waals surface area contributed by atoms with Crippen molar-refractivity contribution in [3.8, 4) is 5.69 Å². The Bertz CT molecular complexity index is 580. The maximum Gasteiger partial charge on any atom is 0.158 e. The minimum absolute atomic E-state index is 0.440. The number of nitrogens with zero attached hydrogens (tertiary/aromatic N) is 2. The maximum atomic E-state index is 6.05. The predicted octanol–water partition coefficient (Wildman–Crippen LogP) is 1.63. The van der Waals surface area contributed by atoms with Gasteiger partial charge in [-0.05, 0) is 19.1 Å². The van der Waals surface area contributed by atoms with Gasteiger partial charge in [0.25, 0.3) is 0 Å². The SMILES string of the molecule is COC1(c2cc(N)n(-c3ccc(C)cc3)n2)COC1. The van der Waals surface area contributed by atoms with E-state index in [1.54, 1.807) is 11.8 Å². The second-order valence-electron chi connectivity index (χ2n) is 4.89. The zero-order valence-electron chi connectivity index (χ0n) is 11.1. The molecule has 3 rings (SSSR count). The van der Waals surface area contributed by atoms with Crippen LogP contribution in [0.15, 0.2) is 30.3 Å². The van der Waals surface area contributed by atoms with Crippen molar-refractivity contribution in [2.75, 3.05) is 26.1 Å². The fourth-order valence-corrected chi connectivity index (χ4v) is 2.17. The van der Waals surface area contributed by atoms with Gasteiger partial charge < -0.3 is 15.2 Å². The monoisotopic (exact) mass is 259 g/mol. The lowest BCUT2D eigenvalue weighted by molar-refractivity contribution is -0.204. The summed E-state index contributed by atoms with van der Waals surface area (Å²) in [6.07, 6.45) is 0. The van der Waals surface area contributed by atoms with Crippen LogP contribution in [-0.2, 0) is 15.1 Å².